The standard InChI is InChI=1S/C22H20N4O2S/c1-16-4-2-5-17(14-16)21(27)25-9-11-26(12-10-25)22-19(15-23)24-20(28-22)8-7-18-6-3-13-29-18/h2-8,13-14H,9-12H2,1H3/b8-7+. The normalized spacial score (nSPS) is 14.3. The molecule has 0 N–H and O–H groups in total. The van der Waals surface area contributed by atoms with Crippen LogP contribution in [0.4, 0.5) is 5.88 Å². The number of oxazole rings is 1. The summed E-state index contributed by atoms with van der Waals surface area (Å²) in [4.78, 5) is 21.9. The number of carbonyl (C=O) groups is 1. The maximum Gasteiger partial charge on any atom is 0.253 e. The van der Waals surface area contributed by atoms with Crippen molar-refractivity contribution in [3.63, 3.8) is 0 Å². The van der Waals surface area contributed by atoms with E-state index >= 15 is 0 Å². The van der Waals surface area contributed by atoms with Gasteiger partial charge in [-0.3, -0.25) is 4.79 Å². The predicted molar refractivity (Wildman–Crippen MR) is 114 cm³/mol. The fourth-order valence-corrected chi connectivity index (χ4v) is 3.92. The molecule has 0 spiro atoms. The summed E-state index contributed by atoms with van der Waals surface area (Å²) in [6.45, 7) is 4.30. The van der Waals surface area contributed by atoms with Gasteiger partial charge in [-0.05, 0) is 36.6 Å². The average Bonchev–Trinajstić information content (AvgIpc) is 3.41. The van der Waals surface area contributed by atoms with E-state index in [-0.39, 0.29) is 11.6 Å². The van der Waals surface area contributed by atoms with Crippen molar-refractivity contribution >= 4 is 35.3 Å². The first-order valence-electron chi connectivity index (χ1n) is 9.37. The van der Waals surface area contributed by atoms with Crippen molar-refractivity contribution in [2.75, 3.05) is 31.1 Å². The molecular weight excluding hydrogens is 384 g/mol. The second-order valence-corrected chi connectivity index (χ2v) is 7.79. The number of amides is 1. The second kappa shape index (κ2) is 8.33. The minimum Gasteiger partial charge on any atom is -0.420 e. The van der Waals surface area contributed by atoms with Gasteiger partial charge in [0.2, 0.25) is 17.5 Å². The summed E-state index contributed by atoms with van der Waals surface area (Å²) in [7, 11) is 0. The number of hydrogen-bond donors (Lipinski definition) is 0. The van der Waals surface area contributed by atoms with E-state index in [9.17, 15) is 10.1 Å². The van der Waals surface area contributed by atoms with Crippen molar-refractivity contribution < 1.29 is 9.21 Å². The lowest BCUT2D eigenvalue weighted by Gasteiger charge is -2.34. The van der Waals surface area contributed by atoms with Crippen LogP contribution in [0.5, 0.6) is 0 Å². The fourth-order valence-electron chi connectivity index (χ4n) is 3.30. The van der Waals surface area contributed by atoms with Crippen molar-refractivity contribution in [3.05, 3.63) is 69.4 Å². The van der Waals surface area contributed by atoms with Crippen LogP contribution in [0.1, 0.15) is 32.4 Å². The zero-order valence-corrected chi connectivity index (χ0v) is 16.9. The molecule has 1 saturated heterocycles. The summed E-state index contributed by atoms with van der Waals surface area (Å²) >= 11 is 1.62. The Hall–Kier alpha value is -3.37. The van der Waals surface area contributed by atoms with Gasteiger partial charge in [-0.15, -0.1) is 11.3 Å². The van der Waals surface area contributed by atoms with Gasteiger partial charge in [-0.2, -0.15) is 10.2 Å². The van der Waals surface area contributed by atoms with Crippen molar-refractivity contribution in [1.29, 1.82) is 5.26 Å². The molecule has 3 heterocycles. The average molecular weight is 404 g/mol. The van der Waals surface area contributed by atoms with Gasteiger partial charge in [0.15, 0.2) is 0 Å². The lowest BCUT2D eigenvalue weighted by molar-refractivity contribution is 0.0745. The van der Waals surface area contributed by atoms with E-state index < -0.39 is 0 Å². The minimum atomic E-state index is 0.0333. The van der Waals surface area contributed by atoms with E-state index in [1.807, 2.05) is 64.6 Å². The smallest absolute Gasteiger partial charge is 0.253 e. The Balaban J connectivity index is 1.44. The zero-order chi connectivity index (χ0) is 20.2. The van der Waals surface area contributed by atoms with Crippen LogP contribution in [0.15, 0.2) is 46.2 Å². The molecular formula is C22H20N4O2S. The highest BCUT2D eigenvalue weighted by molar-refractivity contribution is 7.10. The Morgan fingerprint density at radius 1 is 1.21 bits per heavy atom. The highest BCUT2D eigenvalue weighted by Crippen LogP contribution is 2.25. The van der Waals surface area contributed by atoms with E-state index in [2.05, 4.69) is 11.1 Å². The van der Waals surface area contributed by atoms with Crippen molar-refractivity contribution in [1.82, 2.24) is 9.88 Å². The van der Waals surface area contributed by atoms with Crippen LogP contribution in [0.2, 0.25) is 0 Å². The molecule has 1 amide bonds. The molecule has 1 fully saturated rings. The SMILES string of the molecule is Cc1cccc(C(=O)N2CCN(c3oc(/C=C/c4cccs4)nc3C#N)CC2)c1. The summed E-state index contributed by atoms with van der Waals surface area (Å²) in [6, 6.07) is 13.7. The van der Waals surface area contributed by atoms with E-state index in [1.54, 1.807) is 17.4 Å². The Morgan fingerprint density at radius 2 is 2.03 bits per heavy atom. The van der Waals surface area contributed by atoms with Crippen LogP contribution in [-0.2, 0) is 0 Å². The van der Waals surface area contributed by atoms with Gasteiger partial charge in [0.05, 0.1) is 0 Å². The van der Waals surface area contributed by atoms with Gasteiger partial charge in [-0.1, -0.05) is 23.8 Å². The van der Waals surface area contributed by atoms with Crippen LogP contribution in [0.25, 0.3) is 12.2 Å². The third-order valence-corrected chi connectivity index (χ3v) is 5.62. The van der Waals surface area contributed by atoms with Crippen molar-refractivity contribution in [3.8, 4) is 6.07 Å². The number of rotatable bonds is 4. The predicted octanol–water partition coefficient (Wildman–Crippen LogP) is 4.05. The maximum absolute atomic E-state index is 12.7. The largest absolute Gasteiger partial charge is 0.420 e. The van der Waals surface area contributed by atoms with E-state index in [4.69, 9.17) is 4.42 Å². The van der Waals surface area contributed by atoms with Gasteiger partial charge < -0.3 is 14.2 Å². The second-order valence-electron chi connectivity index (χ2n) is 6.82. The molecule has 0 bridgehead atoms. The lowest BCUT2D eigenvalue weighted by Crippen LogP contribution is -2.48. The molecule has 146 valence electrons. The topological polar surface area (TPSA) is 73.4 Å². The molecule has 6 nitrogen and oxygen atoms in total. The number of hydrogen-bond acceptors (Lipinski definition) is 6. The molecule has 0 aliphatic carbocycles. The summed E-state index contributed by atoms with van der Waals surface area (Å²) in [5.41, 5.74) is 2.05. The summed E-state index contributed by atoms with van der Waals surface area (Å²) < 4.78 is 5.85. The van der Waals surface area contributed by atoms with Gasteiger partial charge in [-0.25, -0.2) is 0 Å². The number of aryl methyl sites for hydroxylation is 1. The van der Waals surface area contributed by atoms with Gasteiger partial charge in [0.1, 0.15) is 6.07 Å². The molecule has 4 rings (SSSR count). The van der Waals surface area contributed by atoms with Gasteiger partial charge >= 0.3 is 0 Å². The highest BCUT2D eigenvalue weighted by atomic mass is 32.1. The van der Waals surface area contributed by atoms with Crippen LogP contribution in [0.3, 0.4) is 0 Å². The number of benzene rings is 1. The molecule has 2 aromatic heterocycles. The zero-order valence-electron chi connectivity index (χ0n) is 16.0. The third-order valence-electron chi connectivity index (χ3n) is 4.78. The number of carbonyl (C=O) groups excluding carboxylic acids is 1. The molecule has 29 heavy (non-hydrogen) atoms. The number of aromatic nitrogens is 1. The lowest BCUT2D eigenvalue weighted by atomic mass is 10.1. The van der Waals surface area contributed by atoms with Crippen LogP contribution < -0.4 is 4.90 Å². The first kappa shape index (κ1) is 19.0. The Labute approximate surface area is 173 Å². The number of nitrogens with zero attached hydrogens (tertiary/aromatic N) is 4. The monoisotopic (exact) mass is 404 g/mol. The maximum atomic E-state index is 12.7. The van der Waals surface area contributed by atoms with Crippen molar-refractivity contribution in [2.45, 2.75) is 6.92 Å². The molecule has 3 aromatic rings. The number of thiophene rings is 1. The fraction of sp³-hybridized carbons (Fsp3) is 0.227. The molecule has 1 aromatic carbocycles. The third kappa shape index (κ3) is 4.23. The quantitative estimate of drug-likeness (QED) is 0.656. The molecule has 7 heteroatoms. The van der Waals surface area contributed by atoms with Crippen LogP contribution in [-0.4, -0.2) is 42.0 Å². The molecule has 0 radical (unpaired) electrons. The summed E-state index contributed by atoms with van der Waals surface area (Å²) in [5.74, 6) is 0.912. The Morgan fingerprint density at radius 3 is 2.72 bits per heavy atom. The van der Waals surface area contributed by atoms with Gasteiger partial charge in [0.25, 0.3) is 5.91 Å². The number of piperazine rings is 1. The van der Waals surface area contributed by atoms with Crippen LogP contribution in [0, 0.1) is 18.3 Å². The molecule has 1 aliphatic rings. The molecule has 0 saturated carbocycles. The van der Waals surface area contributed by atoms with E-state index in [1.165, 1.54) is 0 Å². The highest BCUT2D eigenvalue weighted by Gasteiger charge is 2.26. The summed E-state index contributed by atoms with van der Waals surface area (Å²) in [5, 5.41) is 11.4. The molecule has 0 atom stereocenters. The minimum absolute atomic E-state index is 0.0333. The van der Waals surface area contributed by atoms with Crippen LogP contribution >= 0.6 is 11.3 Å². The van der Waals surface area contributed by atoms with E-state index in [0.717, 1.165) is 10.4 Å². The Kier molecular flexibility index (Phi) is 5.45. The number of nitriles is 1. The first-order valence-corrected chi connectivity index (χ1v) is 10.3. The van der Waals surface area contributed by atoms with E-state index in [0.29, 0.717) is 43.5 Å². The molecule has 1 aliphatic heterocycles. The van der Waals surface area contributed by atoms with Gasteiger partial charge in [0, 0.05) is 42.7 Å². The Bertz CT molecular complexity index is 1070. The number of anilines is 1. The summed E-state index contributed by atoms with van der Waals surface area (Å²) in [6.07, 6.45) is 3.69. The first-order chi connectivity index (χ1) is 14.1. The van der Waals surface area contributed by atoms with Crippen molar-refractivity contribution in [2.24, 2.45) is 0 Å². The molecule has 0 unspecified atom stereocenters.